The van der Waals surface area contributed by atoms with E-state index in [1.54, 1.807) is 24.3 Å². The predicted molar refractivity (Wildman–Crippen MR) is 114 cm³/mol. The minimum atomic E-state index is -3.70. The number of para-hydroxylation sites is 2. The first-order valence-corrected chi connectivity index (χ1v) is 11.2. The van der Waals surface area contributed by atoms with E-state index in [0.717, 1.165) is 6.42 Å². The van der Waals surface area contributed by atoms with E-state index in [4.69, 9.17) is 0 Å². The number of benzene rings is 2. The van der Waals surface area contributed by atoms with Gasteiger partial charge in [-0.2, -0.15) is 4.31 Å². The number of carbonyl (C=O) groups is 1. The first kappa shape index (κ1) is 21.9. The maximum Gasteiger partial charge on any atom is 0.292 e. The average molecular weight is 432 g/mol. The van der Waals surface area contributed by atoms with E-state index in [1.165, 1.54) is 28.6 Å². The van der Waals surface area contributed by atoms with Crippen LogP contribution in [0.25, 0.3) is 0 Å². The Labute approximate surface area is 176 Å². The van der Waals surface area contributed by atoms with Crippen LogP contribution in [0.2, 0.25) is 0 Å². The monoisotopic (exact) mass is 431 g/mol. The number of hydrogen-bond donors (Lipinski definition) is 1. The van der Waals surface area contributed by atoms with Crippen LogP contribution in [-0.2, 0) is 10.0 Å². The van der Waals surface area contributed by atoms with E-state index >= 15 is 0 Å². The van der Waals surface area contributed by atoms with Gasteiger partial charge in [0.2, 0.25) is 10.0 Å². The average Bonchev–Trinajstić information content (AvgIpc) is 2.71. The number of nitrogens with one attached hydrogen (secondary N) is 1. The van der Waals surface area contributed by atoms with E-state index in [9.17, 15) is 23.3 Å². The molecule has 1 fully saturated rings. The summed E-state index contributed by atoms with van der Waals surface area (Å²) in [6, 6.07) is 12.0. The number of Topliss-reactive ketones (excluding diaryl/α,β-unsaturated/α-hetero) is 1. The topological polar surface area (TPSA) is 110 Å². The van der Waals surface area contributed by atoms with Crippen molar-refractivity contribution in [1.29, 1.82) is 0 Å². The molecule has 1 aliphatic heterocycles. The molecule has 0 aliphatic carbocycles. The molecule has 30 heavy (non-hydrogen) atoms. The molecular weight excluding hydrogens is 406 g/mol. The second-order valence-corrected chi connectivity index (χ2v) is 9.78. The summed E-state index contributed by atoms with van der Waals surface area (Å²) >= 11 is 0. The molecule has 8 nitrogen and oxygen atoms in total. The van der Waals surface area contributed by atoms with Crippen molar-refractivity contribution < 1.29 is 18.1 Å². The largest absolute Gasteiger partial charge is 0.372 e. The van der Waals surface area contributed by atoms with Crippen molar-refractivity contribution in [3.63, 3.8) is 0 Å². The molecule has 2 aromatic carbocycles. The van der Waals surface area contributed by atoms with Crippen LogP contribution in [0.5, 0.6) is 0 Å². The van der Waals surface area contributed by atoms with E-state index in [2.05, 4.69) is 5.32 Å². The van der Waals surface area contributed by atoms with Crippen molar-refractivity contribution in [2.24, 2.45) is 11.8 Å². The number of hydrogen-bond acceptors (Lipinski definition) is 6. The SMILES string of the molecule is CC1CC(C)CN(S(=O)(=O)c2cccc(C(=O)CNc3ccccc3[N+](=O)[O-])c2)C1. The summed E-state index contributed by atoms with van der Waals surface area (Å²) in [5, 5.41) is 13.9. The van der Waals surface area contributed by atoms with Crippen LogP contribution >= 0.6 is 0 Å². The van der Waals surface area contributed by atoms with Gasteiger partial charge in [-0.05, 0) is 36.5 Å². The van der Waals surface area contributed by atoms with Gasteiger partial charge in [0.15, 0.2) is 5.78 Å². The number of nitro groups is 1. The molecule has 0 saturated carbocycles. The fourth-order valence-corrected chi connectivity index (χ4v) is 5.57. The van der Waals surface area contributed by atoms with Gasteiger partial charge in [-0.15, -0.1) is 0 Å². The van der Waals surface area contributed by atoms with Gasteiger partial charge in [0, 0.05) is 24.7 Å². The Morgan fingerprint density at radius 1 is 1.13 bits per heavy atom. The highest BCUT2D eigenvalue weighted by Gasteiger charge is 2.32. The quantitative estimate of drug-likeness (QED) is 0.408. The molecule has 2 unspecified atom stereocenters. The molecular formula is C21H25N3O5S. The third-order valence-electron chi connectivity index (χ3n) is 5.17. The molecule has 9 heteroatoms. The van der Waals surface area contributed by atoms with E-state index in [-0.39, 0.29) is 46.0 Å². The van der Waals surface area contributed by atoms with Gasteiger partial charge < -0.3 is 5.32 Å². The molecule has 0 bridgehead atoms. The van der Waals surface area contributed by atoms with Crippen LogP contribution in [0.4, 0.5) is 11.4 Å². The van der Waals surface area contributed by atoms with Crippen molar-refractivity contribution in [3.8, 4) is 0 Å². The maximum absolute atomic E-state index is 13.1. The highest BCUT2D eigenvalue weighted by atomic mass is 32.2. The van der Waals surface area contributed by atoms with Crippen LogP contribution in [0, 0.1) is 22.0 Å². The maximum atomic E-state index is 13.1. The third kappa shape index (κ3) is 4.85. The molecule has 1 aliphatic rings. The highest BCUT2D eigenvalue weighted by molar-refractivity contribution is 7.89. The molecule has 0 amide bonds. The Bertz CT molecular complexity index is 1040. The minimum absolute atomic E-state index is 0.0836. The number of piperidine rings is 1. The molecule has 3 rings (SSSR count). The van der Waals surface area contributed by atoms with Crippen LogP contribution in [-0.4, -0.2) is 43.1 Å². The molecule has 2 aromatic rings. The Morgan fingerprint density at radius 3 is 2.47 bits per heavy atom. The number of anilines is 1. The van der Waals surface area contributed by atoms with E-state index < -0.39 is 14.9 Å². The van der Waals surface area contributed by atoms with Crippen LogP contribution in [0.15, 0.2) is 53.4 Å². The van der Waals surface area contributed by atoms with Gasteiger partial charge in [-0.1, -0.05) is 38.1 Å². The molecule has 0 radical (unpaired) electrons. The van der Waals surface area contributed by atoms with Crippen LogP contribution < -0.4 is 5.32 Å². The van der Waals surface area contributed by atoms with Gasteiger partial charge in [0.25, 0.3) is 5.69 Å². The van der Waals surface area contributed by atoms with Crippen molar-refractivity contribution in [3.05, 3.63) is 64.2 Å². The number of sulfonamides is 1. The molecule has 1 heterocycles. The van der Waals surface area contributed by atoms with Crippen molar-refractivity contribution in [2.45, 2.75) is 25.2 Å². The minimum Gasteiger partial charge on any atom is -0.372 e. The summed E-state index contributed by atoms with van der Waals surface area (Å²) in [6.45, 7) is 4.80. The normalized spacial score (nSPS) is 19.9. The highest BCUT2D eigenvalue weighted by Crippen LogP contribution is 2.27. The lowest BCUT2D eigenvalue weighted by Gasteiger charge is -2.34. The third-order valence-corrected chi connectivity index (χ3v) is 7.00. The van der Waals surface area contributed by atoms with Crippen LogP contribution in [0.3, 0.4) is 0 Å². The van der Waals surface area contributed by atoms with Gasteiger partial charge in [0.05, 0.1) is 16.4 Å². The zero-order valence-electron chi connectivity index (χ0n) is 16.9. The fraction of sp³-hybridized carbons (Fsp3) is 0.381. The predicted octanol–water partition coefficient (Wildman–Crippen LogP) is 3.56. The summed E-state index contributed by atoms with van der Waals surface area (Å²) in [5.41, 5.74) is 0.339. The van der Waals surface area contributed by atoms with Gasteiger partial charge in [0.1, 0.15) is 5.69 Å². The second kappa shape index (κ2) is 8.93. The van der Waals surface area contributed by atoms with E-state index in [1.807, 2.05) is 13.8 Å². The van der Waals surface area contributed by atoms with Crippen molar-refractivity contribution >= 4 is 27.2 Å². The molecule has 0 spiro atoms. The summed E-state index contributed by atoms with van der Waals surface area (Å²) in [6.07, 6.45) is 0.988. The Hall–Kier alpha value is -2.78. The van der Waals surface area contributed by atoms with Gasteiger partial charge in [-0.25, -0.2) is 8.42 Å². The number of ketones is 1. The summed E-state index contributed by atoms with van der Waals surface area (Å²) in [5.74, 6) is 0.198. The van der Waals surface area contributed by atoms with Gasteiger partial charge in [-0.3, -0.25) is 14.9 Å². The first-order valence-electron chi connectivity index (χ1n) is 9.79. The Morgan fingerprint density at radius 2 is 1.80 bits per heavy atom. The first-order chi connectivity index (χ1) is 14.2. The smallest absolute Gasteiger partial charge is 0.292 e. The standard InChI is InChI=1S/C21H25N3O5S/c1-15-10-16(2)14-23(13-15)30(28,29)18-7-5-6-17(11-18)21(25)12-22-19-8-3-4-9-20(19)24(26)27/h3-9,11,15-16,22H,10,12-14H2,1-2H3. The zero-order valence-corrected chi connectivity index (χ0v) is 17.8. The zero-order chi connectivity index (χ0) is 21.9. The molecule has 2 atom stereocenters. The summed E-state index contributed by atoms with van der Waals surface area (Å²) in [4.78, 5) is 23.3. The lowest BCUT2D eigenvalue weighted by Crippen LogP contribution is -2.42. The number of carbonyl (C=O) groups excluding carboxylic acids is 1. The second-order valence-electron chi connectivity index (χ2n) is 7.85. The number of rotatable bonds is 7. The summed E-state index contributed by atoms with van der Waals surface area (Å²) < 4.78 is 27.6. The molecule has 1 N–H and O–H groups in total. The number of nitro benzene ring substituents is 1. The van der Waals surface area contributed by atoms with Crippen molar-refractivity contribution in [1.82, 2.24) is 4.31 Å². The number of nitrogens with zero attached hydrogens (tertiary/aromatic N) is 2. The Kier molecular flexibility index (Phi) is 6.52. The van der Waals surface area contributed by atoms with Gasteiger partial charge >= 0.3 is 0 Å². The van der Waals surface area contributed by atoms with Crippen LogP contribution in [0.1, 0.15) is 30.6 Å². The Balaban J connectivity index is 1.76. The molecule has 160 valence electrons. The van der Waals surface area contributed by atoms with Crippen molar-refractivity contribution in [2.75, 3.05) is 25.0 Å². The lowest BCUT2D eigenvalue weighted by molar-refractivity contribution is -0.383. The lowest BCUT2D eigenvalue weighted by atomic mass is 9.94. The van der Waals surface area contributed by atoms with E-state index in [0.29, 0.717) is 13.1 Å². The summed E-state index contributed by atoms with van der Waals surface area (Å²) in [7, 11) is -3.70. The molecule has 1 saturated heterocycles. The molecule has 0 aromatic heterocycles. The fourth-order valence-electron chi connectivity index (χ4n) is 3.84.